The SMILES string of the molecule is COC(=O)C1CCN(C(=O)CN2C(=O)N[C@@]3(CCCC[C@H]3C)C2=O)CC1. The summed E-state index contributed by atoms with van der Waals surface area (Å²) in [6, 6.07) is -0.471. The molecule has 8 nitrogen and oxygen atoms in total. The Hall–Kier alpha value is -2.12. The molecule has 26 heavy (non-hydrogen) atoms. The summed E-state index contributed by atoms with van der Waals surface area (Å²) >= 11 is 0. The molecule has 1 aliphatic carbocycles. The zero-order chi connectivity index (χ0) is 18.9. The standard InChI is InChI=1S/C18H27N3O5/c1-12-5-3-4-8-18(12)16(24)21(17(25)19-18)11-14(22)20-9-6-13(7-10-20)15(23)26-2/h12-13H,3-11H2,1-2H3,(H,19,25)/t12-,18-/m1/s1. The number of carbonyl (C=O) groups excluding carboxylic acids is 4. The molecule has 0 aromatic carbocycles. The molecule has 0 unspecified atom stereocenters. The van der Waals surface area contributed by atoms with Crippen molar-refractivity contribution >= 4 is 23.8 Å². The molecular weight excluding hydrogens is 338 g/mol. The van der Waals surface area contributed by atoms with Crippen LogP contribution >= 0.6 is 0 Å². The van der Waals surface area contributed by atoms with Crippen molar-refractivity contribution < 1.29 is 23.9 Å². The number of rotatable bonds is 3. The number of imide groups is 1. The van der Waals surface area contributed by atoms with Crippen LogP contribution in [0, 0.1) is 11.8 Å². The van der Waals surface area contributed by atoms with Crippen molar-refractivity contribution in [2.24, 2.45) is 11.8 Å². The third-order valence-electron chi connectivity index (χ3n) is 6.18. The molecule has 0 radical (unpaired) electrons. The molecule has 2 aliphatic heterocycles. The second-order valence-electron chi connectivity index (χ2n) is 7.62. The predicted octanol–water partition coefficient (Wildman–Crippen LogP) is 0.899. The highest BCUT2D eigenvalue weighted by atomic mass is 16.5. The van der Waals surface area contributed by atoms with Crippen LogP contribution in [0.15, 0.2) is 0 Å². The largest absolute Gasteiger partial charge is 0.469 e. The predicted molar refractivity (Wildman–Crippen MR) is 91.9 cm³/mol. The average Bonchev–Trinajstić information content (AvgIpc) is 2.88. The molecule has 0 aromatic rings. The first-order valence-electron chi connectivity index (χ1n) is 9.38. The van der Waals surface area contributed by atoms with Crippen LogP contribution in [0.25, 0.3) is 0 Å². The van der Waals surface area contributed by atoms with E-state index >= 15 is 0 Å². The van der Waals surface area contributed by atoms with E-state index in [9.17, 15) is 19.2 Å². The van der Waals surface area contributed by atoms with E-state index in [0.29, 0.717) is 32.4 Å². The molecule has 8 heteroatoms. The summed E-state index contributed by atoms with van der Waals surface area (Å²) in [5.41, 5.74) is -0.840. The molecule has 0 aromatic heterocycles. The first kappa shape index (κ1) is 18.7. The van der Waals surface area contributed by atoms with E-state index in [-0.39, 0.29) is 36.2 Å². The van der Waals surface area contributed by atoms with E-state index in [0.717, 1.165) is 24.2 Å². The number of urea groups is 1. The fourth-order valence-electron chi connectivity index (χ4n) is 4.41. The van der Waals surface area contributed by atoms with E-state index in [2.05, 4.69) is 5.32 Å². The minimum absolute atomic E-state index is 0.0728. The van der Waals surface area contributed by atoms with Gasteiger partial charge in [-0.1, -0.05) is 19.8 Å². The molecule has 2 heterocycles. The van der Waals surface area contributed by atoms with E-state index in [1.54, 1.807) is 4.90 Å². The van der Waals surface area contributed by atoms with Crippen molar-refractivity contribution in [3.05, 3.63) is 0 Å². The zero-order valence-corrected chi connectivity index (χ0v) is 15.5. The van der Waals surface area contributed by atoms with Crippen LogP contribution in [0.4, 0.5) is 4.79 Å². The molecule has 2 saturated heterocycles. The Morgan fingerprint density at radius 1 is 1.19 bits per heavy atom. The molecule has 3 rings (SSSR count). The Balaban J connectivity index is 1.60. The van der Waals surface area contributed by atoms with Crippen LogP contribution in [-0.4, -0.2) is 65.9 Å². The van der Waals surface area contributed by atoms with Crippen molar-refractivity contribution in [2.75, 3.05) is 26.7 Å². The molecular formula is C18H27N3O5. The van der Waals surface area contributed by atoms with Gasteiger partial charge >= 0.3 is 12.0 Å². The van der Waals surface area contributed by atoms with E-state index in [1.807, 2.05) is 6.92 Å². The summed E-state index contributed by atoms with van der Waals surface area (Å²) in [4.78, 5) is 52.1. The van der Waals surface area contributed by atoms with E-state index in [1.165, 1.54) is 7.11 Å². The summed E-state index contributed by atoms with van der Waals surface area (Å²) in [5.74, 6) is -0.889. The van der Waals surface area contributed by atoms with Crippen molar-refractivity contribution in [3.63, 3.8) is 0 Å². The van der Waals surface area contributed by atoms with Gasteiger partial charge in [0.2, 0.25) is 5.91 Å². The maximum Gasteiger partial charge on any atom is 0.325 e. The van der Waals surface area contributed by atoms with Gasteiger partial charge in [0, 0.05) is 13.1 Å². The van der Waals surface area contributed by atoms with Gasteiger partial charge < -0.3 is 15.0 Å². The van der Waals surface area contributed by atoms with Crippen LogP contribution in [0.1, 0.15) is 45.4 Å². The average molecular weight is 365 g/mol. The lowest BCUT2D eigenvalue weighted by atomic mass is 9.73. The molecule has 1 spiro atoms. The summed E-state index contributed by atoms with van der Waals surface area (Å²) in [5, 5.41) is 2.86. The highest BCUT2D eigenvalue weighted by Crippen LogP contribution is 2.38. The van der Waals surface area contributed by atoms with E-state index in [4.69, 9.17) is 4.74 Å². The van der Waals surface area contributed by atoms with Gasteiger partial charge in [0.05, 0.1) is 13.0 Å². The van der Waals surface area contributed by atoms with Crippen LogP contribution in [0.5, 0.6) is 0 Å². The number of esters is 1. The first-order chi connectivity index (χ1) is 12.4. The van der Waals surface area contributed by atoms with Gasteiger partial charge in [-0.2, -0.15) is 0 Å². The van der Waals surface area contributed by atoms with Crippen LogP contribution in [0.2, 0.25) is 0 Å². The molecule has 2 atom stereocenters. The number of carbonyl (C=O) groups is 4. The van der Waals surface area contributed by atoms with Gasteiger partial charge in [0.1, 0.15) is 12.1 Å². The minimum atomic E-state index is -0.840. The lowest BCUT2D eigenvalue weighted by Gasteiger charge is -2.37. The van der Waals surface area contributed by atoms with Gasteiger partial charge in [-0.15, -0.1) is 0 Å². The second-order valence-corrected chi connectivity index (χ2v) is 7.62. The number of hydrogen-bond acceptors (Lipinski definition) is 5. The highest BCUT2D eigenvalue weighted by Gasteiger charge is 2.55. The van der Waals surface area contributed by atoms with Gasteiger partial charge in [-0.3, -0.25) is 19.3 Å². The number of methoxy groups -OCH3 is 1. The summed E-state index contributed by atoms with van der Waals surface area (Å²) in [6.07, 6.45) is 4.57. The molecule has 144 valence electrons. The van der Waals surface area contributed by atoms with Crippen LogP contribution < -0.4 is 5.32 Å². The van der Waals surface area contributed by atoms with Crippen molar-refractivity contribution in [3.8, 4) is 0 Å². The smallest absolute Gasteiger partial charge is 0.325 e. The van der Waals surface area contributed by atoms with Gasteiger partial charge in [-0.05, 0) is 31.6 Å². The number of piperidine rings is 1. The number of amides is 4. The Labute approximate surface area is 153 Å². The van der Waals surface area contributed by atoms with Gasteiger partial charge in [0.15, 0.2) is 0 Å². The quantitative estimate of drug-likeness (QED) is 0.592. The number of nitrogens with one attached hydrogen (secondary N) is 1. The van der Waals surface area contributed by atoms with Crippen LogP contribution in [0.3, 0.4) is 0 Å². The second kappa shape index (κ2) is 7.25. The fraction of sp³-hybridized carbons (Fsp3) is 0.778. The first-order valence-corrected chi connectivity index (χ1v) is 9.38. The molecule has 1 N–H and O–H groups in total. The Morgan fingerprint density at radius 3 is 2.50 bits per heavy atom. The third-order valence-corrected chi connectivity index (χ3v) is 6.18. The lowest BCUT2D eigenvalue weighted by molar-refractivity contribution is -0.149. The number of ether oxygens (including phenoxy) is 1. The fourth-order valence-corrected chi connectivity index (χ4v) is 4.41. The van der Waals surface area contributed by atoms with E-state index < -0.39 is 11.6 Å². The Kier molecular flexibility index (Phi) is 5.20. The molecule has 0 bridgehead atoms. The Bertz CT molecular complexity index is 614. The highest BCUT2D eigenvalue weighted by molar-refractivity contribution is 6.09. The number of hydrogen-bond donors (Lipinski definition) is 1. The molecule has 1 saturated carbocycles. The van der Waals surface area contributed by atoms with Gasteiger partial charge in [0.25, 0.3) is 5.91 Å². The monoisotopic (exact) mass is 365 g/mol. The maximum absolute atomic E-state index is 12.9. The molecule has 3 fully saturated rings. The lowest BCUT2D eigenvalue weighted by Crippen LogP contribution is -2.54. The summed E-state index contributed by atoms with van der Waals surface area (Å²) in [7, 11) is 1.36. The Morgan fingerprint density at radius 2 is 1.88 bits per heavy atom. The molecule has 3 aliphatic rings. The van der Waals surface area contributed by atoms with Crippen molar-refractivity contribution in [1.82, 2.24) is 15.1 Å². The maximum atomic E-state index is 12.9. The van der Waals surface area contributed by atoms with Crippen molar-refractivity contribution in [1.29, 1.82) is 0 Å². The number of likely N-dealkylation sites (tertiary alicyclic amines) is 1. The number of nitrogens with zero attached hydrogens (tertiary/aromatic N) is 2. The molecule has 4 amide bonds. The van der Waals surface area contributed by atoms with Gasteiger partial charge in [-0.25, -0.2) is 4.79 Å². The topological polar surface area (TPSA) is 96.0 Å². The summed E-state index contributed by atoms with van der Waals surface area (Å²) < 4.78 is 4.75. The minimum Gasteiger partial charge on any atom is -0.469 e. The summed E-state index contributed by atoms with van der Waals surface area (Å²) in [6.45, 7) is 2.62. The van der Waals surface area contributed by atoms with Crippen molar-refractivity contribution in [2.45, 2.75) is 51.0 Å². The third kappa shape index (κ3) is 3.17. The van der Waals surface area contributed by atoms with Crippen LogP contribution in [-0.2, 0) is 19.1 Å². The zero-order valence-electron chi connectivity index (χ0n) is 15.5. The normalized spacial score (nSPS) is 29.8.